The summed E-state index contributed by atoms with van der Waals surface area (Å²) in [7, 11) is 0. The van der Waals surface area contributed by atoms with Crippen LogP contribution in [-0.4, -0.2) is 18.7 Å². The second-order valence-electron chi connectivity index (χ2n) is 9.75. The van der Waals surface area contributed by atoms with Crippen molar-refractivity contribution < 1.29 is 23.5 Å². The Hall–Kier alpha value is -3.97. The Labute approximate surface area is 231 Å². The van der Waals surface area contributed by atoms with E-state index in [0.717, 1.165) is 57.6 Å². The Bertz CT molecular complexity index is 1510. The molecule has 4 aromatic rings. The van der Waals surface area contributed by atoms with E-state index in [1.54, 1.807) is 0 Å². The standard InChI is InChI=1S/C32H30FNO4S/c1-4-37-30(35)32(17-18-32)23-15-13-22(14-16-23)25-11-7-8-12-26(25)29-27(19-28(33)39-29)34-31(36)38-21(3)24-10-6-5-9-20(24)2/h5-16,19,21H,4,17-18H2,1-3H3,(H,34,36). The third-order valence-electron chi connectivity index (χ3n) is 7.19. The Kier molecular flexibility index (Phi) is 7.53. The number of carbonyl (C=O) groups excluding carboxylic acids is 2. The monoisotopic (exact) mass is 543 g/mol. The first-order valence-corrected chi connectivity index (χ1v) is 13.8. The average Bonchev–Trinajstić information content (AvgIpc) is 3.67. The minimum atomic E-state index is -0.652. The van der Waals surface area contributed by atoms with Crippen molar-refractivity contribution in [2.24, 2.45) is 0 Å². The molecule has 200 valence electrons. The summed E-state index contributed by atoms with van der Waals surface area (Å²) in [5.74, 6) is -0.174. The van der Waals surface area contributed by atoms with Crippen LogP contribution in [0.15, 0.2) is 78.9 Å². The number of esters is 1. The third-order valence-corrected chi connectivity index (χ3v) is 8.14. The Morgan fingerprint density at radius 3 is 2.33 bits per heavy atom. The van der Waals surface area contributed by atoms with Gasteiger partial charge in [0.25, 0.3) is 0 Å². The molecule has 1 aliphatic rings. The smallest absolute Gasteiger partial charge is 0.412 e. The summed E-state index contributed by atoms with van der Waals surface area (Å²) in [6, 6.07) is 24.6. The van der Waals surface area contributed by atoms with Gasteiger partial charge in [-0.25, -0.2) is 4.79 Å². The van der Waals surface area contributed by atoms with Gasteiger partial charge in [0.15, 0.2) is 5.13 Å². The summed E-state index contributed by atoms with van der Waals surface area (Å²) in [6.07, 6.45) is 0.446. The van der Waals surface area contributed by atoms with Gasteiger partial charge in [-0.15, -0.1) is 11.3 Å². The summed E-state index contributed by atoms with van der Waals surface area (Å²) >= 11 is 0.965. The molecule has 0 saturated heterocycles. The van der Waals surface area contributed by atoms with Crippen molar-refractivity contribution in [2.75, 3.05) is 11.9 Å². The molecule has 7 heteroatoms. The molecule has 1 N–H and O–H groups in total. The van der Waals surface area contributed by atoms with Crippen LogP contribution < -0.4 is 5.32 Å². The van der Waals surface area contributed by atoms with Gasteiger partial charge >= 0.3 is 12.1 Å². The first-order chi connectivity index (χ1) is 18.8. The van der Waals surface area contributed by atoms with E-state index >= 15 is 0 Å². The first kappa shape index (κ1) is 26.6. The molecule has 0 aliphatic heterocycles. The zero-order chi connectivity index (χ0) is 27.6. The van der Waals surface area contributed by atoms with E-state index in [1.807, 2.05) is 93.6 Å². The van der Waals surface area contributed by atoms with Crippen molar-refractivity contribution in [2.45, 2.75) is 45.1 Å². The highest BCUT2D eigenvalue weighted by atomic mass is 32.1. The van der Waals surface area contributed by atoms with E-state index in [0.29, 0.717) is 17.2 Å². The maximum Gasteiger partial charge on any atom is 0.412 e. The van der Waals surface area contributed by atoms with Crippen molar-refractivity contribution in [3.05, 3.63) is 101 Å². The number of aryl methyl sites for hydroxylation is 1. The molecule has 1 fully saturated rings. The first-order valence-electron chi connectivity index (χ1n) is 13.0. The molecule has 3 aromatic carbocycles. The van der Waals surface area contributed by atoms with Crippen LogP contribution in [0.3, 0.4) is 0 Å². The van der Waals surface area contributed by atoms with E-state index in [4.69, 9.17) is 9.47 Å². The van der Waals surface area contributed by atoms with Gasteiger partial charge in [-0.1, -0.05) is 72.8 Å². The van der Waals surface area contributed by atoms with Gasteiger partial charge in [-0.3, -0.25) is 10.1 Å². The van der Waals surface area contributed by atoms with E-state index < -0.39 is 22.7 Å². The van der Waals surface area contributed by atoms with Crippen molar-refractivity contribution >= 4 is 29.1 Å². The fraction of sp³-hybridized carbons (Fsp3) is 0.250. The zero-order valence-electron chi connectivity index (χ0n) is 22.1. The SMILES string of the molecule is CCOC(=O)C1(c2ccc(-c3ccccc3-c3sc(F)cc3NC(=O)OC(C)c3ccccc3C)cc2)CC1. The summed E-state index contributed by atoms with van der Waals surface area (Å²) in [6.45, 7) is 5.95. The van der Waals surface area contributed by atoms with Crippen LogP contribution in [0, 0.1) is 12.1 Å². The van der Waals surface area contributed by atoms with Gasteiger partial charge in [0.05, 0.1) is 22.6 Å². The van der Waals surface area contributed by atoms with Crippen LogP contribution in [0.1, 0.15) is 49.5 Å². The fourth-order valence-electron chi connectivity index (χ4n) is 4.97. The number of nitrogens with one attached hydrogen (secondary N) is 1. The molecule has 1 amide bonds. The van der Waals surface area contributed by atoms with Crippen LogP contribution >= 0.6 is 11.3 Å². The van der Waals surface area contributed by atoms with Crippen LogP contribution in [0.4, 0.5) is 14.9 Å². The number of rotatable bonds is 8. The number of anilines is 1. The van der Waals surface area contributed by atoms with Crippen LogP contribution in [0.5, 0.6) is 0 Å². The van der Waals surface area contributed by atoms with Crippen LogP contribution in [0.2, 0.25) is 0 Å². The van der Waals surface area contributed by atoms with E-state index in [9.17, 15) is 14.0 Å². The minimum Gasteiger partial charge on any atom is -0.465 e. The van der Waals surface area contributed by atoms with Crippen molar-refractivity contribution in [3.8, 4) is 21.6 Å². The number of hydrogen-bond donors (Lipinski definition) is 1. The zero-order valence-corrected chi connectivity index (χ0v) is 22.9. The predicted octanol–water partition coefficient (Wildman–Crippen LogP) is 8.43. The predicted molar refractivity (Wildman–Crippen MR) is 152 cm³/mol. The Morgan fingerprint density at radius 2 is 1.67 bits per heavy atom. The summed E-state index contributed by atoms with van der Waals surface area (Å²) in [5, 5.41) is 2.33. The molecule has 1 atom stereocenters. The highest BCUT2D eigenvalue weighted by Crippen LogP contribution is 2.50. The van der Waals surface area contributed by atoms with Gasteiger partial charge in [0.1, 0.15) is 6.10 Å². The lowest BCUT2D eigenvalue weighted by molar-refractivity contribution is -0.146. The summed E-state index contributed by atoms with van der Waals surface area (Å²) in [5.41, 5.74) is 5.27. The van der Waals surface area contributed by atoms with Gasteiger partial charge < -0.3 is 9.47 Å². The number of ether oxygens (including phenoxy) is 2. The second-order valence-corrected chi connectivity index (χ2v) is 10.8. The van der Waals surface area contributed by atoms with Crippen molar-refractivity contribution in [1.29, 1.82) is 0 Å². The van der Waals surface area contributed by atoms with Gasteiger partial charge in [-0.05, 0) is 61.4 Å². The van der Waals surface area contributed by atoms with Gasteiger partial charge in [0, 0.05) is 11.6 Å². The number of carbonyl (C=O) groups is 2. The lowest BCUT2D eigenvalue weighted by atomic mass is 9.92. The number of hydrogen-bond acceptors (Lipinski definition) is 5. The number of thiophene rings is 1. The molecule has 1 unspecified atom stereocenters. The fourth-order valence-corrected chi connectivity index (χ4v) is 5.85. The van der Waals surface area contributed by atoms with Crippen LogP contribution in [0.25, 0.3) is 21.6 Å². The van der Waals surface area contributed by atoms with Crippen molar-refractivity contribution in [3.63, 3.8) is 0 Å². The molecular formula is C32H30FNO4S. The van der Waals surface area contributed by atoms with E-state index in [-0.39, 0.29) is 5.97 Å². The number of benzene rings is 3. The summed E-state index contributed by atoms with van der Waals surface area (Å²) < 4.78 is 25.5. The molecule has 1 aliphatic carbocycles. The molecule has 5 rings (SSSR count). The molecule has 0 bridgehead atoms. The number of amides is 1. The Balaban J connectivity index is 1.39. The lowest BCUT2D eigenvalue weighted by Crippen LogP contribution is -2.23. The molecule has 39 heavy (non-hydrogen) atoms. The van der Waals surface area contributed by atoms with Crippen molar-refractivity contribution in [1.82, 2.24) is 0 Å². The van der Waals surface area contributed by atoms with E-state index in [1.165, 1.54) is 6.07 Å². The maximum atomic E-state index is 14.6. The van der Waals surface area contributed by atoms with Gasteiger partial charge in [-0.2, -0.15) is 4.39 Å². The minimum absolute atomic E-state index is 0.174. The number of halogens is 1. The van der Waals surface area contributed by atoms with E-state index in [2.05, 4.69) is 5.32 Å². The lowest BCUT2D eigenvalue weighted by Gasteiger charge is -2.17. The second kappa shape index (κ2) is 11.0. The largest absolute Gasteiger partial charge is 0.465 e. The quantitative estimate of drug-likeness (QED) is 0.227. The third kappa shape index (κ3) is 5.45. The Morgan fingerprint density at radius 1 is 1.00 bits per heavy atom. The molecule has 1 heterocycles. The topological polar surface area (TPSA) is 64.6 Å². The summed E-state index contributed by atoms with van der Waals surface area (Å²) in [4.78, 5) is 25.9. The highest BCUT2D eigenvalue weighted by molar-refractivity contribution is 7.14. The normalized spacial score (nSPS) is 14.4. The van der Waals surface area contributed by atoms with Gasteiger partial charge in [0.2, 0.25) is 0 Å². The molecular weight excluding hydrogens is 513 g/mol. The molecule has 1 saturated carbocycles. The highest BCUT2D eigenvalue weighted by Gasteiger charge is 2.52. The van der Waals surface area contributed by atoms with Crippen LogP contribution in [-0.2, 0) is 19.7 Å². The molecule has 5 nitrogen and oxygen atoms in total. The maximum absolute atomic E-state index is 14.6. The average molecular weight is 544 g/mol. The molecule has 0 spiro atoms. The molecule has 0 radical (unpaired) electrons. The molecule has 1 aromatic heterocycles.